The average molecular weight is 247 g/mol. The fraction of sp³-hybridized carbons (Fsp3) is 0.385. The maximum absolute atomic E-state index is 5.17. The van der Waals surface area contributed by atoms with Gasteiger partial charge in [-0.1, -0.05) is 24.3 Å². The Hall–Kier alpha value is -1.42. The van der Waals surface area contributed by atoms with Crippen molar-refractivity contribution in [3.63, 3.8) is 0 Å². The predicted octanol–water partition coefficient (Wildman–Crippen LogP) is 3.05. The maximum atomic E-state index is 5.17. The Morgan fingerprint density at radius 1 is 1.29 bits per heavy atom. The molecule has 2 rings (SSSR count). The molecule has 0 amide bonds. The normalized spacial score (nSPS) is 10.7. The first-order valence-electron chi connectivity index (χ1n) is 5.91. The molecular formula is C13H17N3S. The van der Waals surface area contributed by atoms with Gasteiger partial charge in [0.05, 0.1) is 0 Å². The van der Waals surface area contributed by atoms with Crippen molar-refractivity contribution in [2.75, 3.05) is 0 Å². The second kappa shape index (κ2) is 5.27. The van der Waals surface area contributed by atoms with Gasteiger partial charge in [-0.25, -0.2) is 0 Å². The summed E-state index contributed by atoms with van der Waals surface area (Å²) in [6, 6.07) is 8.47. The van der Waals surface area contributed by atoms with E-state index in [1.807, 2.05) is 4.57 Å². The van der Waals surface area contributed by atoms with Gasteiger partial charge in [0.2, 0.25) is 0 Å². The zero-order valence-electron chi connectivity index (χ0n) is 10.2. The minimum absolute atomic E-state index is 0.715. The number of rotatable bonds is 4. The van der Waals surface area contributed by atoms with Crippen LogP contribution in [0.25, 0.3) is 0 Å². The Balaban J connectivity index is 2.13. The molecule has 0 aliphatic rings. The fourth-order valence-corrected chi connectivity index (χ4v) is 2.28. The van der Waals surface area contributed by atoms with Crippen molar-refractivity contribution in [1.82, 2.24) is 14.8 Å². The topological polar surface area (TPSA) is 33.6 Å². The lowest BCUT2D eigenvalue weighted by Gasteiger charge is -2.06. The molecular weight excluding hydrogens is 230 g/mol. The van der Waals surface area contributed by atoms with Crippen molar-refractivity contribution < 1.29 is 0 Å². The molecule has 0 radical (unpaired) electrons. The summed E-state index contributed by atoms with van der Waals surface area (Å²) in [7, 11) is 0. The number of H-pyrrole nitrogens is 1. The van der Waals surface area contributed by atoms with Gasteiger partial charge in [0.25, 0.3) is 0 Å². The van der Waals surface area contributed by atoms with Crippen LogP contribution in [0, 0.1) is 11.7 Å². The van der Waals surface area contributed by atoms with Crippen LogP contribution in [0.1, 0.15) is 23.9 Å². The maximum Gasteiger partial charge on any atom is 0.195 e. The van der Waals surface area contributed by atoms with E-state index in [0.29, 0.717) is 4.77 Å². The molecule has 0 aliphatic heterocycles. The number of hydrogen-bond acceptors (Lipinski definition) is 2. The highest BCUT2D eigenvalue weighted by atomic mass is 32.1. The van der Waals surface area contributed by atoms with Crippen LogP contribution >= 0.6 is 12.2 Å². The minimum Gasteiger partial charge on any atom is -0.304 e. The van der Waals surface area contributed by atoms with Gasteiger partial charge in [-0.3, -0.25) is 5.10 Å². The number of hydrogen-bond donors (Lipinski definition) is 1. The van der Waals surface area contributed by atoms with Crippen molar-refractivity contribution in [3.05, 3.63) is 46.0 Å². The first kappa shape index (κ1) is 12.0. The van der Waals surface area contributed by atoms with E-state index in [0.717, 1.165) is 25.2 Å². The number of aromatic nitrogens is 3. The molecule has 1 aromatic carbocycles. The van der Waals surface area contributed by atoms with Crippen molar-refractivity contribution in [2.45, 2.75) is 33.2 Å². The van der Waals surface area contributed by atoms with Crippen LogP contribution in [0.5, 0.6) is 0 Å². The first-order chi connectivity index (χ1) is 8.22. The van der Waals surface area contributed by atoms with Crippen molar-refractivity contribution in [3.8, 4) is 0 Å². The van der Waals surface area contributed by atoms with Gasteiger partial charge in [0.15, 0.2) is 4.77 Å². The summed E-state index contributed by atoms with van der Waals surface area (Å²) in [5, 5.41) is 7.13. The quantitative estimate of drug-likeness (QED) is 0.842. The largest absolute Gasteiger partial charge is 0.304 e. The highest BCUT2D eigenvalue weighted by Gasteiger charge is 2.05. The van der Waals surface area contributed by atoms with Crippen LogP contribution in [0.2, 0.25) is 0 Å². The zero-order valence-corrected chi connectivity index (χ0v) is 11.0. The van der Waals surface area contributed by atoms with Crippen molar-refractivity contribution in [2.24, 2.45) is 0 Å². The number of aromatic amines is 1. The van der Waals surface area contributed by atoms with Crippen LogP contribution in [-0.2, 0) is 19.4 Å². The second-order valence-electron chi connectivity index (χ2n) is 4.12. The SMILES string of the molecule is CCn1c(CCc2ccccc2C)n[nH]c1=S. The summed E-state index contributed by atoms with van der Waals surface area (Å²) >= 11 is 5.17. The molecule has 0 bridgehead atoms. The molecule has 0 atom stereocenters. The molecule has 0 saturated heterocycles. The van der Waals surface area contributed by atoms with Crippen molar-refractivity contribution in [1.29, 1.82) is 0 Å². The Bertz CT molecular complexity index is 554. The van der Waals surface area contributed by atoms with Gasteiger partial charge in [0, 0.05) is 13.0 Å². The number of nitrogens with zero attached hydrogens (tertiary/aromatic N) is 2. The van der Waals surface area contributed by atoms with E-state index >= 15 is 0 Å². The lowest BCUT2D eigenvalue weighted by Crippen LogP contribution is -2.04. The third-order valence-electron chi connectivity index (χ3n) is 3.03. The minimum atomic E-state index is 0.715. The number of benzene rings is 1. The Morgan fingerprint density at radius 3 is 2.76 bits per heavy atom. The van der Waals surface area contributed by atoms with Gasteiger partial charge >= 0.3 is 0 Å². The number of aryl methyl sites for hydroxylation is 3. The molecule has 3 nitrogen and oxygen atoms in total. The van der Waals surface area contributed by atoms with Gasteiger partial charge in [-0.15, -0.1) is 0 Å². The molecule has 17 heavy (non-hydrogen) atoms. The summed E-state index contributed by atoms with van der Waals surface area (Å²) in [5.74, 6) is 1.04. The van der Waals surface area contributed by atoms with Gasteiger partial charge in [-0.2, -0.15) is 5.10 Å². The summed E-state index contributed by atoms with van der Waals surface area (Å²) in [6.07, 6.45) is 1.93. The lowest BCUT2D eigenvalue weighted by molar-refractivity contribution is 0.682. The van der Waals surface area contributed by atoms with Gasteiger partial charge in [0.1, 0.15) is 5.82 Å². The average Bonchev–Trinajstić information content (AvgIpc) is 2.69. The zero-order chi connectivity index (χ0) is 12.3. The molecule has 1 aromatic heterocycles. The fourth-order valence-electron chi connectivity index (χ4n) is 2.00. The van der Waals surface area contributed by atoms with Gasteiger partial charge < -0.3 is 4.57 Å². The van der Waals surface area contributed by atoms with E-state index in [2.05, 4.69) is 48.3 Å². The molecule has 1 N–H and O–H groups in total. The third kappa shape index (κ3) is 2.64. The molecule has 0 saturated carbocycles. The van der Waals surface area contributed by atoms with Crippen LogP contribution < -0.4 is 0 Å². The van der Waals surface area contributed by atoms with Crippen molar-refractivity contribution >= 4 is 12.2 Å². The van der Waals surface area contributed by atoms with E-state index < -0.39 is 0 Å². The van der Waals surface area contributed by atoms with Crippen LogP contribution in [0.3, 0.4) is 0 Å². The van der Waals surface area contributed by atoms with Crippen LogP contribution in [0.15, 0.2) is 24.3 Å². The highest BCUT2D eigenvalue weighted by Crippen LogP contribution is 2.10. The van der Waals surface area contributed by atoms with Gasteiger partial charge in [-0.05, 0) is 43.6 Å². The monoisotopic (exact) mass is 247 g/mol. The predicted molar refractivity (Wildman–Crippen MR) is 71.7 cm³/mol. The smallest absolute Gasteiger partial charge is 0.195 e. The van der Waals surface area contributed by atoms with E-state index in [-0.39, 0.29) is 0 Å². The Labute approximate surface area is 106 Å². The summed E-state index contributed by atoms with van der Waals surface area (Å²) in [4.78, 5) is 0. The highest BCUT2D eigenvalue weighted by molar-refractivity contribution is 7.71. The molecule has 1 heterocycles. The summed E-state index contributed by atoms with van der Waals surface area (Å²) in [5.41, 5.74) is 2.72. The van der Waals surface area contributed by atoms with E-state index in [1.165, 1.54) is 11.1 Å². The molecule has 0 unspecified atom stereocenters. The molecule has 90 valence electrons. The lowest BCUT2D eigenvalue weighted by atomic mass is 10.0. The van der Waals surface area contributed by atoms with E-state index in [4.69, 9.17) is 12.2 Å². The molecule has 0 fully saturated rings. The van der Waals surface area contributed by atoms with E-state index in [9.17, 15) is 0 Å². The Kier molecular flexibility index (Phi) is 3.74. The summed E-state index contributed by atoms with van der Waals surface area (Å²) < 4.78 is 2.76. The molecule has 4 heteroatoms. The van der Waals surface area contributed by atoms with Crippen LogP contribution in [0.4, 0.5) is 0 Å². The van der Waals surface area contributed by atoms with E-state index in [1.54, 1.807) is 0 Å². The standard InChI is InChI=1S/C13H17N3S/c1-3-16-12(14-15-13(16)17)9-8-11-7-5-4-6-10(11)2/h4-7H,3,8-9H2,1-2H3,(H,15,17). The summed E-state index contributed by atoms with van der Waals surface area (Å²) in [6.45, 7) is 5.10. The first-order valence-corrected chi connectivity index (χ1v) is 6.31. The van der Waals surface area contributed by atoms with Crippen LogP contribution in [-0.4, -0.2) is 14.8 Å². The molecule has 0 aliphatic carbocycles. The number of nitrogens with one attached hydrogen (secondary N) is 1. The Morgan fingerprint density at radius 2 is 2.06 bits per heavy atom. The molecule has 2 aromatic rings. The third-order valence-corrected chi connectivity index (χ3v) is 3.34. The second-order valence-corrected chi connectivity index (χ2v) is 4.50. The molecule has 0 spiro atoms.